The molecular weight excluding hydrogens is 765 g/mol. The molecule has 63 heavy (non-hydrogen) atoms. The number of hydrogen-bond donors (Lipinski definition) is 0. The quantitative estimate of drug-likeness (QED) is 0.232. The van der Waals surface area contributed by atoms with Crippen molar-refractivity contribution >= 4 is 0 Å². The van der Waals surface area contributed by atoms with Crippen molar-refractivity contribution in [2.75, 3.05) is 74.0 Å². The Labute approximate surface area is 403 Å². The fourth-order valence-electron chi connectivity index (χ4n) is 5.23. The van der Waals surface area contributed by atoms with E-state index < -0.39 is 0 Å². The Morgan fingerprint density at radius 3 is 1.06 bits per heavy atom. The molecule has 1 aromatic carbocycles. The van der Waals surface area contributed by atoms with E-state index in [0.29, 0.717) is 38.0 Å². The van der Waals surface area contributed by atoms with E-state index >= 15 is 0 Å². The van der Waals surface area contributed by atoms with Crippen LogP contribution in [0.5, 0.6) is 0 Å². The second-order valence-electron chi connectivity index (χ2n) is 27.2. The lowest BCUT2D eigenvalue weighted by Gasteiger charge is -2.29. The fraction of sp³-hybridized carbons (Fsp3) is 0.898. The molecule has 0 spiro atoms. The van der Waals surface area contributed by atoms with Gasteiger partial charge in [-0.1, -0.05) is 202 Å². The van der Waals surface area contributed by atoms with Crippen molar-refractivity contribution in [1.82, 2.24) is 19.6 Å². The lowest BCUT2D eigenvalue weighted by molar-refractivity contribution is 0.196. The number of nitrogens with zero attached hydrogens (tertiary/aromatic N) is 4. The third-order valence-corrected chi connectivity index (χ3v) is 11.0. The molecule has 0 atom stereocenters. The Morgan fingerprint density at radius 2 is 0.825 bits per heavy atom. The number of likely N-dealkylation sites (tertiary alicyclic amines) is 1. The molecule has 0 aliphatic carbocycles. The topological polar surface area (TPSA) is 13.0 Å². The zero-order valence-electron chi connectivity index (χ0n) is 49.7. The molecule has 0 saturated carbocycles. The Bertz CT molecular complexity index is 1080. The molecule has 4 heteroatoms. The van der Waals surface area contributed by atoms with Gasteiger partial charge in [0.15, 0.2) is 0 Å². The summed E-state index contributed by atoms with van der Waals surface area (Å²) in [6, 6.07) is 10.6. The van der Waals surface area contributed by atoms with Crippen LogP contribution in [0.25, 0.3) is 0 Å². The highest BCUT2D eigenvalue weighted by Gasteiger charge is 2.16. The van der Waals surface area contributed by atoms with Gasteiger partial charge in [-0.25, -0.2) is 0 Å². The predicted molar refractivity (Wildman–Crippen MR) is 296 cm³/mol. The zero-order valence-corrected chi connectivity index (χ0v) is 49.7. The molecule has 0 radical (unpaired) electrons. The smallest absolute Gasteiger partial charge is 0.0118 e. The summed E-state index contributed by atoms with van der Waals surface area (Å²) in [5.41, 5.74) is 4.75. The molecular formula is C59H126N4. The van der Waals surface area contributed by atoms with Crippen LogP contribution in [0.2, 0.25) is 0 Å². The molecule has 1 heterocycles. The van der Waals surface area contributed by atoms with Crippen LogP contribution in [0.3, 0.4) is 0 Å². The lowest BCUT2D eigenvalue weighted by Crippen LogP contribution is -2.34. The van der Waals surface area contributed by atoms with Crippen LogP contribution in [0, 0.1) is 32.5 Å². The fourth-order valence-corrected chi connectivity index (χ4v) is 5.23. The largest absolute Gasteiger partial charge is 0.309 e. The second kappa shape index (κ2) is 36.1. The molecule has 1 aliphatic rings. The maximum absolute atomic E-state index is 2.62. The van der Waals surface area contributed by atoms with Gasteiger partial charge in [-0.3, -0.25) is 0 Å². The van der Waals surface area contributed by atoms with Gasteiger partial charge in [-0.05, 0) is 178 Å². The molecule has 0 bridgehead atoms. The van der Waals surface area contributed by atoms with Crippen molar-refractivity contribution in [3.8, 4) is 0 Å². The van der Waals surface area contributed by atoms with Crippen LogP contribution in [0.15, 0.2) is 30.3 Å². The molecule has 1 aliphatic heterocycles. The molecule has 1 aromatic rings. The molecule has 1 fully saturated rings. The third-order valence-electron chi connectivity index (χ3n) is 11.0. The minimum absolute atomic E-state index is 0.333. The van der Waals surface area contributed by atoms with E-state index in [-0.39, 0.29) is 0 Å². The summed E-state index contributed by atoms with van der Waals surface area (Å²) in [5, 5.41) is 0. The normalized spacial score (nSPS) is 14.0. The first-order valence-electron chi connectivity index (χ1n) is 25.9. The maximum atomic E-state index is 2.62. The molecule has 0 amide bonds. The average molecular weight is 892 g/mol. The Kier molecular flexibility index (Phi) is 40.8. The minimum atomic E-state index is 0.333. The van der Waals surface area contributed by atoms with Crippen LogP contribution in [0.1, 0.15) is 236 Å². The standard InChI is InChI=1S/C11H23N.C11H16.C10H23N.C8H19N.C7H16.C6H15N.C6H14/c1-11(2,3)7-10-12-8-5-4-6-9-12;1-11(2,3)9-10-7-5-4-6-8-10;1-6-11(7-2)9-8-10(3,4)5;1-8(2,3)6-7-9(4)5;1-5-6-7(2,3)4;1-6(2,3)7(4)5;1-5-6(2,3)4/h4-10H2,1-3H3;4-8H,9H2,1-3H3;6-9H2,1-5H3;6-7H2,1-5H3;5-6H2,1-4H3;1-5H3;5H2,1-4H3. The highest BCUT2D eigenvalue weighted by Crippen LogP contribution is 2.22. The van der Waals surface area contributed by atoms with E-state index in [2.05, 4.69) is 251 Å². The summed E-state index contributed by atoms with van der Waals surface area (Å²) in [4.78, 5) is 9.51. The van der Waals surface area contributed by atoms with Gasteiger partial charge >= 0.3 is 0 Å². The van der Waals surface area contributed by atoms with E-state index in [1.54, 1.807) is 0 Å². The molecule has 4 nitrogen and oxygen atoms in total. The summed E-state index contributed by atoms with van der Waals surface area (Å²) in [5.74, 6) is 0. The molecule has 382 valence electrons. The van der Waals surface area contributed by atoms with Gasteiger partial charge in [0.1, 0.15) is 0 Å². The van der Waals surface area contributed by atoms with Gasteiger partial charge in [-0.2, -0.15) is 0 Å². The van der Waals surface area contributed by atoms with Gasteiger partial charge in [0, 0.05) is 5.54 Å². The predicted octanol–water partition coefficient (Wildman–Crippen LogP) is 17.6. The van der Waals surface area contributed by atoms with Crippen LogP contribution in [-0.4, -0.2) is 99.1 Å². The average Bonchev–Trinajstić information content (AvgIpc) is 3.10. The van der Waals surface area contributed by atoms with Crippen LogP contribution >= 0.6 is 0 Å². The number of rotatable bonds is 10. The number of benzene rings is 1. The van der Waals surface area contributed by atoms with Gasteiger partial charge in [0.25, 0.3) is 0 Å². The Morgan fingerprint density at radius 1 is 0.460 bits per heavy atom. The van der Waals surface area contributed by atoms with Crippen LogP contribution in [-0.2, 0) is 6.42 Å². The van der Waals surface area contributed by atoms with Crippen LogP contribution < -0.4 is 0 Å². The van der Waals surface area contributed by atoms with E-state index in [4.69, 9.17) is 0 Å². The number of hydrogen-bond acceptors (Lipinski definition) is 4. The Hall–Kier alpha value is -0.940. The van der Waals surface area contributed by atoms with E-state index in [1.165, 1.54) is 109 Å². The van der Waals surface area contributed by atoms with Crippen molar-refractivity contribution in [3.05, 3.63) is 35.9 Å². The van der Waals surface area contributed by atoms with Gasteiger partial charge in [0.05, 0.1) is 0 Å². The highest BCUT2D eigenvalue weighted by molar-refractivity contribution is 5.15. The van der Waals surface area contributed by atoms with E-state index in [1.807, 2.05) is 0 Å². The van der Waals surface area contributed by atoms with Gasteiger partial charge in [-0.15, -0.1) is 0 Å². The third kappa shape index (κ3) is 70.3. The van der Waals surface area contributed by atoms with Gasteiger partial charge < -0.3 is 19.6 Å². The van der Waals surface area contributed by atoms with E-state index in [0.717, 1.165) is 6.42 Å². The zero-order chi connectivity index (χ0) is 50.9. The summed E-state index contributed by atoms with van der Waals surface area (Å²) in [7, 11) is 8.40. The van der Waals surface area contributed by atoms with Crippen molar-refractivity contribution in [1.29, 1.82) is 0 Å². The number of piperidine rings is 1. The summed E-state index contributed by atoms with van der Waals surface area (Å²) in [6.07, 6.45) is 13.3. The molecule has 0 aromatic heterocycles. The summed E-state index contributed by atoms with van der Waals surface area (Å²) >= 11 is 0. The Balaban J connectivity index is -0.000000211. The van der Waals surface area contributed by atoms with Crippen molar-refractivity contribution in [3.63, 3.8) is 0 Å². The minimum Gasteiger partial charge on any atom is -0.309 e. The molecule has 0 unspecified atom stereocenters. The maximum Gasteiger partial charge on any atom is 0.0118 e. The van der Waals surface area contributed by atoms with Crippen molar-refractivity contribution in [2.24, 2.45) is 32.5 Å². The first-order valence-corrected chi connectivity index (χ1v) is 25.9. The molecule has 2 rings (SSSR count). The molecule has 0 N–H and O–H groups in total. The second-order valence-corrected chi connectivity index (χ2v) is 27.2. The SMILES string of the molecule is CC(C)(C)CCN1CCCCC1.CC(C)(C)Cc1ccccc1.CCC(C)(C)C.CCCC(C)(C)C.CCN(CC)CCC(C)(C)C.CN(C)C(C)(C)C.CN(C)CCC(C)(C)C. The van der Waals surface area contributed by atoms with Crippen molar-refractivity contribution < 1.29 is 0 Å². The summed E-state index contributed by atoms with van der Waals surface area (Å²) < 4.78 is 0. The van der Waals surface area contributed by atoms with Crippen LogP contribution in [0.4, 0.5) is 0 Å². The lowest BCUT2D eigenvalue weighted by atomic mass is 9.88. The highest BCUT2D eigenvalue weighted by atomic mass is 15.1. The van der Waals surface area contributed by atoms with Crippen molar-refractivity contribution in [2.45, 2.75) is 243 Å². The van der Waals surface area contributed by atoms with Gasteiger partial charge in [0.2, 0.25) is 0 Å². The summed E-state index contributed by atoms with van der Waals surface area (Å²) in [6.45, 7) is 65.3. The first-order chi connectivity index (χ1) is 28.1. The monoisotopic (exact) mass is 891 g/mol. The molecule has 1 saturated heterocycles. The van der Waals surface area contributed by atoms with E-state index in [9.17, 15) is 0 Å². The first kappa shape index (κ1) is 71.1.